The predicted molar refractivity (Wildman–Crippen MR) is 50.0 cm³/mol. The lowest BCUT2D eigenvalue weighted by Crippen LogP contribution is -2.06. The van der Waals surface area contributed by atoms with Crippen LogP contribution in [0.4, 0.5) is 0 Å². The van der Waals surface area contributed by atoms with Gasteiger partial charge in [0.15, 0.2) is 5.82 Å². The van der Waals surface area contributed by atoms with Gasteiger partial charge in [-0.3, -0.25) is 5.10 Å². The van der Waals surface area contributed by atoms with Crippen molar-refractivity contribution in [3.8, 4) is 11.4 Å². The molecule has 0 atom stereocenters. The first-order valence-electron chi connectivity index (χ1n) is 4.43. The lowest BCUT2D eigenvalue weighted by Gasteiger charge is -1.94. The van der Waals surface area contributed by atoms with Crippen LogP contribution >= 0.6 is 0 Å². The maximum Gasteiger partial charge on any atom is 0.375 e. The van der Waals surface area contributed by atoms with E-state index in [4.69, 9.17) is 9.15 Å². The minimum atomic E-state index is -0.514. The van der Waals surface area contributed by atoms with E-state index in [1.54, 1.807) is 13.0 Å². The van der Waals surface area contributed by atoms with Crippen LogP contribution in [0, 0.1) is 0 Å². The lowest BCUT2D eigenvalue weighted by atomic mass is 10.3. The van der Waals surface area contributed by atoms with Crippen molar-refractivity contribution in [3.63, 3.8) is 0 Å². The smallest absolute Gasteiger partial charge is 0.375 e. The molecule has 6 heteroatoms. The number of esters is 1. The van der Waals surface area contributed by atoms with Crippen molar-refractivity contribution >= 4 is 5.97 Å². The van der Waals surface area contributed by atoms with E-state index in [1.165, 1.54) is 12.5 Å². The molecule has 0 amide bonds. The van der Waals surface area contributed by atoms with Crippen LogP contribution in [0.1, 0.15) is 17.5 Å². The van der Waals surface area contributed by atoms with Crippen molar-refractivity contribution in [2.24, 2.45) is 0 Å². The van der Waals surface area contributed by atoms with Gasteiger partial charge < -0.3 is 9.15 Å². The van der Waals surface area contributed by atoms with Gasteiger partial charge in [0.05, 0.1) is 18.4 Å². The predicted octanol–water partition coefficient (Wildman–Crippen LogP) is 1.24. The molecule has 0 aliphatic carbocycles. The van der Waals surface area contributed by atoms with Crippen LogP contribution in [0.15, 0.2) is 23.0 Å². The fraction of sp³-hybridized carbons (Fsp3) is 0.222. The van der Waals surface area contributed by atoms with E-state index in [9.17, 15) is 4.79 Å². The van der Waals surface area contributed by atoms with E-state index >= 15 is 0 Å². The number of ether oxygens (including phenoxy) is 1. The minimum absolute atomic E-state index is 0.0908. The van der Waals surface area contributed by atoms with Gasteiger partial charge in [0.25, 0.3) is 0 Å². The van der Waals surface area contributed by atoms with Crippen LogP contribution in [-0.4, -0.2) is 27.8 Å². The Hall–Kier alpha value is -2.11. The normalized spacial score (nSPS) is 10.2. The van der Waals surface area contributed by atoms with Crippen LogP contribution in [0.3, 0.4) is 0 Å². The summed E-state index contributed by atoms with van der Waals surface area (Å²) < 4.78 is 9.64. The number of nitrogens with one attached hydrogen (secondary N) is 1. The summed E-state index contributed by atoms with van der Waals surface area (Å²) in [5.41, 5.74) is 0.710. The van der Waals surface area contributed by atoms with Gasteiger partial charge in [0, 0.05) is 0 Å². The van der Waals surface area contributed by atoms with Gasteiger partial charge in [0.2, 0.25) is 5.82 Å². The molecule has 1 N–H and O–H groups in total. The van der Waals surface area contributed by atoms with Gasteiger partial charge in [0.1, 0.15) is 6.26 Å². The average Bonchev–Trinajstić information content (AvgIpc) is 2.89. The summed E-state index contributed by atoms with van der Waals surface area (Å²) in [4.78, 5) is 15.2. The van der Waals surface area contributed by atoms with Crippen LogP contribution in [-0.2, 0) is 4.74 Å². The van der Waals surface area contributed by atoms with Crippen LogP contribution in [0.2, 0.25) is 0 Å². The fourth-order valence-corrected chi connectivity index (χ4v) is 1.07. The molecule has 2 rings (SSSR count). The Morgan fingerprint density at radius 3 is 3.20 bits per heavy atom. The van der Waals surface area contributed by atoms with Crippen LogP contribution < -0.4 is 0 Å². The summed E-state index contributed by atoms with van der Waals surface area (Å²) in [5, 5.41) is 6.37. The second-order valence-electron chi connectivity index (χ2n) is 2.74. The van der Waals surface area contributed by atoms with Crippen molar-refractivity contribution in [1.29, 1.82) is 0 Å². The molecule has 0 saturated carbocycles. The van der Waals surface area contributed by atoms with Gasteiger partial charge in [-0.05, 0) is 13.0 Å². The molecule has 6 nitrogen and oxygen atoms in total. The zero-order valence-electron chi connectivity index (χ0n) is 8.06. The van der Waals surface area contributed by atoms with Gasteiger partial charge in [-0.25, -0.2) is 9.78 Å². The van der Waals surface area contributed by atoms with Crippen molar-refractivity contribution in [3.05, 3.63) is 24.4 Å². The Morgan fingerprint density at radius 1 is 1.67 bits per heavy atom. The maximum atomic E-state index is 11.2. The molecular weight excluding hydrogens is 198 g/mol. The topological polar surface area (TPSA) is 81.0 Å². The Morgan fingerprint density at radius 2 is 2.53 bits per heavy atom. The van der Waals surface area contributed by atoms with E-state index in [0.29, 0.717) is 18.0 Å². The molecule has 0 radical (unpaired) electrons. The number of carbonyl (C=O) groups excluding carboxylic acids is 1. The van der Waals surface area contributed by atoms with E-state index < -0.39 is 5.97 Å². The zero-order valence-corrected chi connectivity index (χ0v) is 8.06. The summed E-state index contributed by atoms with van der Waals surface area (Å²) in [7, 11) is 0. The first-order chi connectivity index (χ1) is 7.31. The van der Waals surface area contributed by atoms with Crippen LogP contribution in [0.5, 0.6) is 0 Å². The fourth-order valence-electron chi connectivity index (χ4n) is 1.07. The lowest BCUT2D eigenvalue weighted by molar-refractivity contribution is 0.0512. The molecule has 2 aromatic rings. The highest BCUT2D eigenvalue weighted by atomic mass is 16.5. The molecule has 2 heterocycles. The number of aromatic amines is 1. The molecule has 2 aromatic heterocycles. The molecule has 0 unspecified atom stereocenters. The summed E-state index contributed by atoms with van der Waals surface area (Å²) >= 11 is 0. The monoisotopic (exact) mass is 207 g/mol. The summed E-state index contributed by atoms with van der Waals surface area (Å²) in [6.07, 6.45) is 3.01. The van der Waals surface area contributed by atoms with Crippen molar-refractivity contribution < 1.29 is 13.9 Å². The molecule has 0 aromatic carbocycles. The Kier molecular flexibility index (Phi) is 2.49. The molecule has 0 saturated heterocycles. The highest BCUT2D eigenvalue weighted by Gasteiger charge is 2.13. The minimum Gasteiger partial charge on any atom is -0.472 e. The van der Waals surface area contributed by atoms with Gasteiger partial charge >= 0.3 is 5.97 Å². The van der Waals surface area contributed by atoms with Gasteiger partial charge in [-0.1, -0.05) is 0 Å². The molecule has 0 bridgehead atoms. The number of hydrogen-bond acceptors (Lipinski definition) is 5. The summed E-state index contributed by atoms with van der Waals surface area (Å²) in [6, 6.07) is 1.71. The number of H-pyrrole nitrogens is 1. The third kappa shape index (κ3) is 1.88. The largest absolute Gasteiger partial charge is 0.472 e. The first kappa shape index (κ1) is 9.45. The second-order valence-corrected chi connectivity index (χ2v) is 2.74. The molecular formula is C9H9N3O3. The molecule has 0 spiro atoms. The molecule has 0 aliphatic rings. The first-order valence-corrected chi connectivity index (χ1v) is 4.43. The summed E-state index contributed by atoms with van der Waals surface area (Å²) in [5.74, 6) is -0.0143. The van der Waals surface area contributed by atoms with Crippen molar-refractivity contribution in [2.45, 2.75) is 6.92 Å². The van der Waals surface area contributed by atoms with E-state index in [2.05, 4.69) is 15.2 Å². The molecule has 0 aliphatic heterocycles. The third-order valence-corrected chi connectivity index (χ3v) is 1.73. The zero-order chi connectivity index (χ0) is 10.7. The van der Waals surface area contributed by atoms with E-state index in [0.717, 1.165) is 0 Å². The molecule has 15 heavy (non-hydrogen) atoms. The van der Waals surface area contributed by atoms with Crippen molar-refractivity contribution in [1.82, 2.24) is 15.2 Å². The molecule has 0 fully saturated rings. The third-order valence-electron chi connectivity index (χ3n) is 1.73. The van der Waals surface area contributed by atoms with Gasteiger partial charge in [-0.2, -0.15) is 5.10 Å². The number of rotatable bonds is 3. The maximum absolute atomic E-state index is 11.2. The Balaban J connectivity index is 2.21. The van der Waals surface area contributed by atoms with E-state index in [-0.39, 0.29) is 5.82 Å². The Labute approximate surface area is 85.3 Å². The number of carbonyl (C=O) groups is 1. The Bertz CT molecular complexity index is 447. The number of nitrogens with zero attached hydrogens (tertiary/aromatic N) is 2. The molecule has 78 valence electrons. The highest BCUT2D eigenvalue weighted by molar-refractivity contribution is 5.85. The quantitative estimate of drug-likeness (QED) is 0.766. The van der Waals surface area contributed by atoms with Gasteiger partial charge in [-0.15, -0.1) is 0 Å². The standard InChI is InChI=1S/C9H9N3O3/c1-2-15-9(13)8-10-7(11-12-8)6-3-4-14-5-6/h3-5H,2H2,1H3,(H,10,11,12). The highest BCUT2D eigenvalue weighted by Crippen LogP contribution is 2.14. The van der Waals surface area contributed by atoms with Crippen molar-refractivity contribution in [2.75, 3.05) is 6.61 Å². The van der Waals surface area contributed by atoms with E-state index in [1.807, 2.05) is 0 Å². The second kappa shape index (κ2) is 3.95. The summed E-state index contributed by atoms with van der Waals surface area (Å²) in [6.45, 7) is 2.03. The average molecular weight is 207 g/mol. The van der Waals surface area contributed by atoms with Crippen LogP contribution in [0.25, 0.3) is 11.4 Å². The number of furan rings is 1. The number of aromatic nitrogens is 3. The number of hydrogen-bond donors (Lipinski definition) is 1. The SMILES string of the molecule is CCOC(=O)c1nc(-c2ccoc2)n[nH]1.